The minimum Gasteiger partial charge on any atom is -0.494 e. The molecular formula is C32H33ClF2N4O3S. The molecule has 5 rings (SSSR count). The number of rotatable bonds is 9. The third-order valence-corrected chi connectivity index (χ3v) is 8.48. The van der Waals surface area contributed by atoms with Gasteiger partial charge in [-0.3, -0.25) is 19.1 Å². The molecule has 0 N–H and O–H groups in total. The predicted octanol–water partition coefficient (Wildman–Crippen LogP) is 7.84. The minimum absolute atomic E-state index is 0.133. The molecule has 43 heavy (non-hydrogen) atoms. The minimum atomic E-state index is -2.67. The summed E-state index contributed by atoms with van der Waals surface area (Å²) in [5, 5.41) is 2.48. The molecule has 4 heterocycles. The largest absolute Gasteiger partial charge is 0.494 e. The molecule has 0 spiro atoms. The second kappa shape index (κ2) is 13.3. The Labute approximate surface area is 258 Å². The van der Waals surface area contributed by atoms with Crippen molar-refractivity contribution in [3.8, 4) is 33.3 Å². The van der Waals surface area contributed by atoms with E-state index in [9.17, 15) is 18.4 Å². The standard InChI is InChI=1S/C32H33ClF2N4O3S/c1-4-42-21-9-10-24(33)28(15-21)39-27(14-19(2)3)22(31(40)38-12-6-5-7-13-38)16-23(32(39)41)30-37-26(18-43-30)20-8-11-25(29(34)35)36-17-20/h8-11,15-19,29H,4-7,12-14H2,1-3H3. The Balaban J connectivity index is 1.73. The molecule has 1 amide bonds. The molecule has 11 heteroatoms. The number of nitrogens with zero attached hydrogens (tertiary/aromatic N) is 4. The lowest BCUT2D eigenvalue weighted by molar-refractivity contribution is 0.0722. The zero-order chi connectivity index (χ0) is 30.7. The average molecular weight is 627 g/mol. The lowest BCUT2D eigenvalue weighted by Crippen LogP contribution is -2.38. The monoisotopic (exact) mass is 626 g/mol. The van der Waals surface area contributed by atoms with Gasteiger partial charge >= 0.3 is 0 Å². The van der Waals surface area contributed by atoms with Gasteiger partial charge in [0.25, 0.3) is 17.9 Å². The number of alkyl halides is 2. The molecule has 3 aromatic heterocycles. The van der Waals surface area contributed by atoms with Gasteiger partial charge in [-0.15, -0.1) is 11.3 Å². The summed E-state index contributed by atoms with van der Waals surface area (Å²) in [6, 6.07) is 9.60. The van der Waals surface area contributed by atoms with Gasteiger partial charge in [0, 0.05) is 42.0 Å². The molecular weight excluding hydrogens is 594 g/mol. The number of aromatic nitrogens is 3. The second-order valence-electron chi connectivity index (χ2n) is 10.9. The number of hydrogen-bond acceptors (Lipinski definition) is 6. The van der Waals surface area contributed by atoms with Gasteiger partial charge in [0.05, 0.1) is 34.1 Å². The van der Waals surface area contributed by atoms with Gasteiger partial charge in [-0.2, -0.15) is 0 Å². The van der Waals surface area contributed by atoms with Crippen LogP contribution in [0.2, 0.25) is 5.02 Å². The Kier molecular flexibility index (Phi) is 9.56. The number of ether oxygens (including phenoxy) is 1. The van der Waals surface area contributed by atoms with Gasteiger partial charge in [0.2, 0.25) is 0 Å². The highest BCUT2D eigenvalue weighted by Gasteiger charge is 2.28. The first-order valence-electron chi connectivity index (χ1n) is 14.4. The van der Waals surface area contributed by atoms with E-state index in [2.05, 4.69) is 9.97 Å². The van der Waals surface area contributed by atoms with Gasteiger partial charge < -0.3 is 9.64 Å². The van der Waals surface area contributed by atoms with Crippen LogP contribution >= 0.6 is 22.9 Å². The van der Waals surface area contributed by atoms with Crippen LogP contribution < -0.4 is 10.3 Å². The zero-order valence-electron chi connectivity index (χ0n) is 24.3. The molecule has 1 aliphatic heterocycles. The number of halogens is 3. The van der Waals surface area contributed by atoms with Crippen LogP contribution in [-0.2, 0) is 6.42 Å². The zero-order valence-corrected chi connectivity index (χ0v) is 25.9. The van der Waals surface area contributed by atoms with Crippen molar-refractivity contribution in [1.29, 1.82) is 0 Å². The van der Waals surface area contributed by atoms with Gasteiger partial charge in [0.1, 0.15) is 16.5 Å². The van der Waals surface area contributed by atoms with Crippen molar-refractivity contribution in [3.05, 3.63) is 80.3 Å². The van der Waals surface area contributed by atoms with Gasteiger partial charge in [-0.1, -0.05) is 25.4 Å². The molecule has 0 unspecified atom stereocenters. The molecule has 1 fully saturated rings. The Morgan fingerprint density at radius 1 is 1.12 bits per heavy atom. The highest BCUT2D eigenvalue weighted by atomic mass is 35.5. The van der Waals surface area contributed by atoms with Crippen LogP contribution in [0.4, 0.5) is 8.78 Å². The van der Waals surface area contributed by atoms with Crippen LogP contribution in [0.1, 0.15) is 68.2 Å². The molecule has 0 radical (unpaired) electrons. The van der Waals surface area contributed by atoms with Gasteiger partial charge in [0.15, 0.2) is 0 Å². The molecule has 0 aliphatic carbocycles. The summed E-state index contributed by atoms with van der Waals surface area (Å²) >= 11 is 7.96. The number of thiazole rings is 1. The van der Waals surface area contributed by atoms with Crippen molar-refractivity contribution in [2.24, 2.45) is 5.92 Å². The van der Waals surface area contributed by atoms with E-state index in [0.717, 1.165) is 19.3 Å². The predicted molar refractivity (Wildman–Crippen MR) is 166 cm³/mol. The van der Waals surface area contributed by atoms with Crippen molar-refractivity contribution >= 4 is 28.8 Å². The first-order valence-corrected chi connectivity index (χ1v) is 15.6. The molecule has 0 atom stereocenters. The van der Waals surface area contributed by atoms with Crippen LogP contribution in [0.15, 0.2) is 52.8 Å². The van der Waals surface area contributed by atoms with Crippen LogP contribution in [0.3, 0.4) is 0 Å². The lowest BCUT2D eigenvalue weighted by Gasteiger charge is -2.29. The topological polar surface area (TPSA) is 77.3 Å². The highest BCUT2D eigenvalue weighted by molar-refractivity contribution is 7.13. The van der Waals surface area contributed by atoms with Crippen LogP contribution in [-0.4, -0.2) is 45.0 Å². The fourth-order valence-corrected chi connectivity index (χ4v) is 6.28. The SMILES string of the molecule is CCOc1ccc(Cl)c(-n2c(CC(C)C)c(C(=O)N3CCCCC3)cc(-c3nc(-c4ccc(C(F)F)nc4)cs3)c2=O)c1. The van der Waals surface area contributed by atoms with E-state index in [1.807, 2.05) is 25.7 Å². The van der Waals surface area contributed by atoms with Gasteiger partial charge in [-0.05, 0) is 68.9 Å². The summed E-state index contributed by atoms with van der Waals surface area (Å²) in [7, 11) is 0. The first kappa shape index (κ1) is 30.8. The van der Waals surface area contributed by atoms with E-state index in [0.29, 0.717) is 70.1 Å². The second-order valence-corrected chi connectivity index (χ2v) is 12.1. The van der Waals surface area contributed by atoms with Gasteiger partial charge in [-0.25, -0.2) is 13.8 Å². The Bertz CT molecular complexity index is 1660. The summed E-state index contributed by atoms with van der Waals surface area (Å²) in [4.78, 5) is 38.9. The Morgan fingerprint density at radius 3 is 2.53 bits per heavy atom. The maximum Gasteiger partial charge on any atom is 0.280 e. The normalized spacial score (nSPS) is 13.6. The quantitative estimate of drug-likeness (QED) is 0.189. The van der Waals surface area contributed by atoms with E-state index in [4.69, 9.17) is 16.3 Å². The number of likely N-dealkylation sites (tertiary alicyclic amines) is 1. The van der Waals surface area contributed by atoms with Crippen molar-refractivity contribution in [2.45, 2.75) is 52.9 Å². The number of pyridine rings is 2. The lowest BCUT2D eigenvalue weighted by atomic mass is 9.98. The van der Waals surface area contributed by atoms with Crippen LogP contribution in [0.5, 0.6) is 5.75 Å². The Morgan fingerprint density at radius 2 is 1.88 bits per heavy atom. The number of carbonyl (C=O) groups is 1. The van der Waals surface area contributed by atoms with E-state index >= 15 is 0 Å². The maximum absolute atomic E-state index is 14.4. The number of carbonyl (C=O) groups excluding carboxylic acids is 1. The number of amides is 1. The molecule has 226 valence electrons. The van der Waals surface area contributed by atoms with E-state index in [-0.39, 0.29) is 28.6 Å². The molecule has 0 saturated carbocycles. The van der Waals surface area contributed by atoms with Crippen molar-refractivity contribution < 1.29 is 18.3 Å². The molecule has 7 nitrogen and oxygen atoms in total. The summed E-state index contributed by atoms with van der Waals surface area (Å²) in [5.41, 5.74) is 2.03. The summed E-state index contributed by atoms with van der Waals surface area (Å²) in [5.74, 6) is 0.550. The average Bonchev–Trinajstić information content (AvgIpc) is 3.49. The van der Waals surface area contributed by atoms with Crippen LogP contribution in [0, 0.1) is 5.92 Å². The third kappa shape index (κ3) is 6.65. The van der Waals surface area contributed by atoms with E-state index in [1.54, 1.807) is 29.6 Å². The third-order valence-electron chi connectivity index (χ3n) is 7.29. The fraction of sp³-hybridized carbons (Fsp3) is 0.375. The maximum atomic E-state index is 14.4. The van der Waals surface area contributed by atoms with Crippen molar-refractivity contribution in [2.75, 3.05) is 19.7 Å². The first-order chi connectivity index (χ1) is 20.7. The van der Waals surface area contributed by atoms with Crippen LogP contribution in [0.25, 0.3) is 27.5 Å². The number of benzene rings is 1. The van der Waals surface area contributed by atoms with E-state index in [1.165, 1.54) is 34.2 Å². The number of hydrogen-bond donors (Lipinski definition) is 0. The summed E-state index contributed by atoms with van der Waals surface area (Å²) in [6.45, 7) is 7.68. The smallest absolute Gasteiger partial charge is 0.280 e. The summed E-state index contributed by atoms with van der Waals surface area (Å²) < 4.78 is 33.3. The molecule has 1 aromatic carbocycles. The Hall–Kier alpha value is -3.63. The molecule has 1 saturated heterocycles. The highest BCUT2D eigenvalue weighted by Crippen LogP contribution is 2.33. The van der Waals surface area contributed by atoms with E-state index < -0.39 is 6.43 Å². The molecule has 1 aliphatic rings. The molecule has 4 aromatic rings. The van der Waals surface area contributed by atoms with Crippen molar-refractivity contribution in [1.82, 2.24) is 19.4 Å². The number of piperidine rings is 1. The molecule has 0 bridgehead atoms. The summed E-state index contributed by atoms with van der Waals surface area (Å²) in [6.07, 6.45) is 2.05. The fourth-order valence-electron chi connectivity index (χ4n) is 5.24. The van der Waals surface area contributed by atoms with Crippen molar-refractivity contribution in [3.63, 3.8) is 0 Å².